The number of carbonyl (C=O) groups is 2. The first-order valence-electron chi connectivity index (χ1n) is 9.42. The Morgan fingerprint density at radius 1 is 1.17 bits per heavy atom. The maximum atomic E-state index is 11.2. The van der Waals surface area contributed by atoms with Crippen molar-refractivity contribution in [1.29, 1.82) is 0 Å². The van der Waals surface area contributed by atoms with Gasteiger partial charge in [0.05, 0.1) is 19.3 Å². The molecular weight excluding hydrogens is 408 g/mol. The fraction of sp³-hybridized carbons (Fsp3) is 0.765. The van der Waals surface area contributed by atoms with Crippen molar-refractivity contribution in [3.05, 3.63) is 11.8 Å². The number of aliphatic carboxylic acids is 1. The Labute approximate surface area is 172 Å². The molecular formula is C17H28N2O11. The molecule has 1 saturated heterocycles. The maximum absolute atomic E-state index is 11.2. The van der Waals surface area contributed by atoms with Crippen LogP contribution >= 0.6 is 0 Å². The summed E-state index contributed by atoms with van der Waals surface area (Å²) in [4.78, 5) is 27.3. The van der Waals surface area contributed by atoms with E-state index in [9.17, 15) is 35.2 Å². The molecule has 2 aliphatic rings. The van der Waals surface area contributed by atoms with E-state index in [0.717, 1.165) is 6.08 Å². The van der Waals surface area contributed by atoms with Crippen molar-refractivity contribution >= 4 is 11.9 Å². The zero-order chi connectivity index (χ0) is 22.4. The van der Waals surface area contributed by atoms with Gasteiger partial charge in [0.1, 0.15) is 24.4 Å². The number of rotatable bonds is 9. The van der Waals surface area contributed by atoms with Crippen LogP contribution in [0, 0.1) is 5.92 Å². The first-order valence-corrected chi connectivity index (χ1v) is 9.42. The van der Waals surface area contributed by atoms with Gasteiger partial charge in [-0.2, -0.15) is 0 Å². The minimum atomic E-state index is -1.37. The normalized spacial score (nSPS) is 34.7. The van der Waals surface area contributed by atoms with E-state index in [1.165, 1.54) is 6.92 Å². The molecule has 1 fully saturated rings. The lowest BCUT2D eigenvalue weighted by Crippen LogP contribution is -2.63. The SMILES string of the molecule is CC(=O)NC1C(O)[C@H](CCOCC[C@@H]2OC(C(=O)O)=CC(O)C2O)C(CO)ON1O. The number of nitrogens with one attached hydrogen (secondary N) is 1. The predicted molar refractivity (Wildman–Crippen MR) is 95.3 cm³/mol. The average molecular weight is 436 g/mol. The van der Waals surface area contributed by atoms with Crippen molar-refractivity contribution in [2.24, 2.45) is 5.92 Å². The number of ether oxygens (including phenoxy) is 2. The first-order chi connectivity index (χ1) is 14.1. The summed E-state index contributed by atoms with van der Waals surface area (Å²) in [5.41, 5.74) is 0. The lowest BCUT2D eigenvalue weighted by molar-refractivity contribution is -0.429. The summed E-state index contributed by atoms with van der Waals surface area (Å²) in [5, 5.41) is 60.9. The molecule has 13 heteroatoms. The van der Waals surface area contributed by atoms with Crippen LogP contribution in [0.25, 0.3) is 0 Å². The van der Waals surface area contributed by atoms with Crippen LogP contribution in [0.4, 0.5) is 0 Å². The molecule has 0 aromatic carbocycles. The molecule has 0 saturated carbocycles. The Bertz CT molecular complexity index is 631. The highest BCUT2D eigenvalue weighted by Gasteiger charge is 2.44. The monoisotopic (exact) mass is 436 g/mol. The number of carboxylic acids is 1. The fourth-order valence-electron chi connectivity index (χ4n) is 3.36. The van der Waals surface area contributed by atoms with Crippen molar-refractivity contribution in [1.82, 2.24) is 10.5 Å². The van der Waals surface area contributed by atoms with E-state index in [2.05, 4.69) is 5.32 Å². The second-order valence-corrected chi connectivity index (χ2v) is 7.09. The number of aliphatic hydroxyl groups is 4. The highest BCUT2D eigenvalue weighted by atomic mass is 16.9. The van der Waals surface area contributed by atoms with Gasteiger partial charge in [-0.15, -0.1) is 0 Å². The molecule has 2 aliphatic heterocycles. The van der Waals surface area contributed by atoms with Gasteiger partial charge < -0.3 is 40.3 Å². The number of carbonyl (C=O) groups excluding carboxylic acids is 1. The summed E-state index contributed by atoms with van der Waals surface area (Å²) in [5.74, 6) is -2.99. The molecule has 0 aliphatic carbocycles. The number of nitrogens with zero attached hydrogens (tertiary/aromatic N) is 1. The molecule has 2 rings (SSSR count). The molecule has 7 N–H and O–H groups in total. The summed E-state index contributed by atoms with van der Waals surface area (Å²) in [6, 6.07) is 0. The molecule has 30 heavy (non-hydrogen) atoms. The topological polar surface area (TPSA) is 198 Å². The molecule has 0 aromatic heterocycles. The van der Waals surface area contributed by atoms with Crippen LogP contribution < -0.4 is 5.32 Å². The Morgan fingerprint density at radius 2 is 1.83 bits per heavy atom. The van der Waals surface area contributed by atoms with Gasteiger partial charge in [-0.1, -0.05) is 0 Å². The van der Waals surface area contributed by atoms with E-state index in [4.69, 9.17) is 19.4 Å². The van der Waals surface area contributed by atoms with Crippen molar-refractivity contribution in [2.45, 2.75) is 56.5 Å². The number of hydroxylamine groups is 2. The van der Waals surface area contributed by atoms with Crippen LogP contribution in [0.5, 0.6) is 0 Å². The van der Waals surface area contributed by atoms with Crippen LogP contribution in [0.2, 0.25) is 0 Å². The van der Waals surface area contributed by atoms with Gasteiger partial charge in [0, 0.05) is 25.9 Å². The number of hydrogen-bond donors (Lipinski definition) is 7. The standard InChI is InChI=1S/C17H28N2O11/c1-8(21)18-16-14(23)9(13(7-20)30-19(16)27)2-4-28-5-3-11-15(24)10(22)6-12(29-11)17(25)26/h6,9-11,13-16,20,22-24,27H,2-5,7H2,1H3,(H,18,21)(H,25,26)/t9-,10?,11+,13?,14?,15?,16?/m1/s1. The summed E-state index contributed by atoms with van der Waals surface area (Å²) >= 11 is 0. The van der Waals surface area contributed by atoms with Gasteiger partial charge in [0.2, 0.25) is 11.7 Å². The summed E-state index contributed by atoms with van der Waals surface area (Å²) in [6.45, 7) is 0.860. The van der Waals surface area contributed by atoms with Gasteiger partial charge in [0.15, 0.2) is 6.17 Å². The molecule has 2 heterocycles. The Hall–Kier alpha value is -1.84. The van der Waals surface area contributed by atoms with Crippen molar-refractivity contribution in [2.75, 3.05) is 19.8 Å². The van der Waals surface area contributed by atoms with E-state index in [1.807, 2.05) is 0 Å². The molecule has 172 valence electrons. The molecule has 0 bridgehead atoms. The Balaban J connectivity index is 1.82. The van der Waals surface area contributed by atoms with E-state index in [1.54, 1.807) is 0 Å². The first kappa shape index (κ1) is 24.4. The number of aliphatic hydroxyl groups excluding tert-OH is 4. The van der Waals surface area contributed by atoms with Crippen LogP contribution in [0.3, 0.4) is 0 Å². The Morgan fingerprint density at radius 3 is 2.43 bits per heavy atom. The largest absolute Gasteiger partial charge is 0.480 e. The van der Waals surface area contributed by atoms with Crippen LogP contribution in [0.1, 0.15) is 19.8 Å². The van der Waals surface area contributed by atoms with Gasteiger partial charge in [-0.3, -0.25) is 14.8 Å². The zero-order valence-corrected chi connectivity index (χ0v) is 16.3. The van der Waals surface area contributed by atoms with E-state index in [0.29, 0.717) is 5.23 Å². The van der Waals surface area contributed by atoms with Crippen LogP contribution in [-0.2, 0) is 23.9 Å². The maximum Gasteiger partial charge on any atom is 0.370 e. The third-order valence-corrected chi connectivity index (χ3v) is 4.94. The molecule has 0 spiro atoms. The number of hydrogen-bond acceptors (Lipinski definition) is 11. The molecule has 7 atom stereocenters. The second kappa shape index (κ2) is 11.0. The van der Waals surface area contributed by atoms with E-state index < -0.39 is 66.8 Å². The fourth-order valence-corrected chi connectivity index (χ4v) is 3.36. The molecule has 0 radical (unpaired) electrons. The van der Waals surface area contributed by atoms with E-state index >= 15 is 0 Å². The zero-order valence-electron chi connectivity index (χ0n) is 16.3. The molecule has 13 nitrogen and oxygen atoms in total. The summed E-state index contributed by atoms with van der Waals surface area (Å²) in [6.07, 6.45) is -5.85. The average Bonchev–Trinajstić information content (AvgIpc) is 2.68. The minimum Gasteiger partial charge on any atom is -0.480 e. The minimum absolute atomic E-state index is 0.0516. The third kappa shape index (κ3) is 6.09. The smallest absolute Gasteiger partial charge is 0.370 e. The number of carboxylic acid groups (broad SMARTS) is 1. The second-order valence-electron chi connectivity index (χ2n) is 7.09. The molecule has 0 aromatic rings. The quantitative estimate of drug-likeness (QED) is 0.185. The van der Waals surface area contributed by atoms with Crippen molar-refractivity contribution in [3.63, 3.8) is 0 Å². The van der Waals surface area contributed by atoms with E-state index in [-0.39, 0.29) is 26.1 Å². The van der Waals surface area contributed by atoms with Crippen LogP contribution in [0.15, 0.2) is 11.8 Å². The lowest BCUT2D eigenvalue weighted by atomic mass is 9.90. The van der Waals surface area contributed by atoms with Crippen molar-refractivity contribution in [3.8, 4) is 0 Å². The Kier molecular flexibility index (Phi) is 8.93. The molecule has 5 unspecified atom stereocenters. The molecule has 1 amide bonds. The van der Waals surface area contributed by atoms with Gasteiger partial charge >= 0.3 is 5.97 Å². The van der Waals surface area contributed by atoms with Gasteiger partial charge in [-0.25, -0.2) is 4.79 Å². The van der Waals surface area contributed by atoms with Crippen LogP contribution in [-0.4, -0.2) is 104 Å². The lowest BCUT2D eigenvalue weighted by Gasteiger charge is -2.43. The summed E-state index contributed by atoms with van der Waals surface area (Å²) in [7, 11) is 0. The van der Waals surface area contributed by atoms with Crippen molar-refractivity contribution < 1.29 is 54.6 Å². The van der Waals surface area contributed by atoms with Gasteiger partial charge in [0.25, 0.3) is 0 Å². The van der Waals surface area contributed by atoms with Gasteiger partial charge in [-0.05, 0) is 17.7 Å². The number of amides is 1. The highest BCUT2D eigenvalue weighted by molar-refractivity contribution is 5.84. The summed E-state index contributed by atoms with van der Waals surface area (Å²) < 4.78 is 10.6. The third-order valence-electron chi connectivity index (χ3n) is 4.94. The predicted octanol–water partition coefficient (Wildman–Crippen LogP) is -2.69. The highest BCUT2D eigenvalue weighted by Crippen LogP contribution is 2.27.